The standard InChI is InChI=1S/C8H14F4/c9-7-5-3-1-2-4-6-8(10,11)12/h1-7H2. The average Bonchev–Trinajstić information content (AvgIpc) is 1.94. The molecule has 0 aliphatic carbocycles. The highest BCUT2D eigenvalue weighted by Crippen LogP contribution is 2.22. The van der Waals surface area contributed by atoms with Gasteiger partial charge in [-0.2, -0.15) is 13.2 Å². The molecule has 0 heterocycles. The summed E-state index contributed by atoms with van der Waals surface area (Å²) in [5, 5.41) is 0. The molecular formula is C8H14F4. The van der Waals surface area contributed by atoms with Crippen LogP contribution in [0.25, 0.3) is 0 Å². The molecule has 12 heavy (non-hydrogen) atoms. The summed E-state index contributed by atoms with van der Waals surface area (Å²) in [4.78, 5) is 0. The van der Waals surface area contributed by atoms with Gasteiger partial charge in [0, 0.05) is 6.42 Å². The number of hydrogen-bond donors (Lipinski definition) is 0. The lowest BCUT2D eigenvalue weighted by atomic mass is 10.1. The van der Waals surface area contributed by atoms with Crippen LogP contribution in [-0.4, -0.2) is 12.9 Å². The van der Waals surface area contributed by atoms with E-state index in [4.69, 9.17) is 0 Å². The van der Waals surface area contributed by atoms with Crippen LogP contribution in [0.5, 0.6) is 0 Å². The number of alkyl halides is 4. The van der Waals surface area contributed by atoms with Crippen molar-refractivity contribution in [3.63, 3.8) is 0 Å². The topological polar surface area (TPSA) is 0 Å². The third kappa shape index (κ3) is 9.72. The van der Waals surface area contributed by atoms with Gasteiger partial charge in [-0.1, -0.05) is 19.3 Å². The van der Waals surface area contributed by atoms with Gasteiger partial charge in [-0.15, -0.1) is 0 Å². The second-order valence-corrected chi connectivity index (χ2v) is 2.82. The highest BCUT2D eigenvalue weighted by Gasteiger charge is 2.25. The van der Waals surface area contributed by atoms with Crippen LogP contribution < -0.4 is 0 Å². The molecule has 0 saturated carbocycles. The van der Waals surface area contributed by atoms with Gasteiger partial charge in [-0.25, -0.2) is 0 Å². The molecule has 0 aromatic carbocycles. The lowest BCUT2D eigenvalue weighted by molar-refractivity contribution is -0.135. The van der Waals surface area contributed by atoms with Crippen LogP contribution in [0.2, 0.25) is 0 Å². The number of rotatable bonds is 6. The molecule has 4 heteroatoms. The Morgan fingerprint density at radius 2 is 1.25 bits per heavy atom. The van der Waals surface area contributed by atoms with Gasteiger partial charge in [-0.05, 0) is 12.8 Å². The predicted molar refractivity (Wildman–Crippen MR) is 39.7 cm³/mol. The average molecular weight is 186 g/mol. The second kappa shape index (κ2) is 6.26. The number of hydrogen-bond acceptors (Lipinski definition) is 0. The second-order valence-electron chi connectivity index (χ2n) is 2.82. The van der Waals surface area contributed by atoms with Gasteiger partial charge in [0.05, 0.1) is 6.67 Å². The SMILES string of the molecule is FCCCCCCCC(F)(F)F. The minimum Gasteiger partial charge on any atom is -0.251 e. The maximum absolute atomic E-state index is 11.6. The van der Waals surface area contributed by atoms with Crippen molar-refractivity contribution in [1.29, 1.82) is 0 Å². The lowest BCUT2D eigenvalue weighted by Gasteiger charge is -2.04. The van der Waals surface area contributed by atoms with Crippen LogP contribution in [-0.2, 0) is 0 Å². The Balaban J connectivity index is 3.01. The van der Waals surface area contributed by atoms with E-state index < -0.39 is 12.6 Å². The zero-order valence-electron chi connectivity index (χ0n) is 6.96. The molecule has 0 aliphatic heterocycles. The highest BCUT2D eigenvalue weighted by molar-refractivity contribution is 4.51. The van der Waals surface area contributed by atoms with Crippen LogP contribution in [0.1, 0.15) is 38.5 Å². The van der Waals surface area contributed by atoms with E-state index in [1.54, 1.807) is 0 Å². The van der Waals surface area contributed by atoms with Crippen molar-refractivity contribution in [2.75, 3.05) is 6.67 Å². The van der Waals surface area contributed by atoms with Gasteiger partial charge < -0.3 is 0 Å². The molecule has 0 aromatic rings. The summed E-state index contributed by atoms with van der Waals surface area (Å²) in [6, 6.07) is 0. The quantitative estimate of drug-likeness (QED) is 0.436. The first-order chi connectivity index (χ1) is 5.56. The normalized spacial score (nSPS) is 12.0. The summed E-state index contributed by atoms with van der Waals surface area (Å²) in [6.45, 7) is -0.362. The fraction of sp³-hybridized carbons (Fsp3) is 1.00. The molecule has 0 atom stereocenters. The monoisotopic (exact) mass is 186 g/mol. The summed E-state index contributed by atoms with van der Waals surface area (Å²) in [5.74, 6) is 0. The molecule has 0 bridgehead atoms. The van der Waals surface area contributed by atoms with Gasteiger partial charge in [0.2, 0.25) is 0 Å². The number of unbranched alkanes of at least 4 members (excludes halogenated alkanes) is 4. The minimum atomic E-state index is -4.03. The molecule has 0 spiro atoms. The van der Waals surface area contributed by atoms with E-state index in [1.807, 2.05) is 0 Å². The Hall–Kier alpha value is -0.280. The fourth-order valence-corrected chi connectivity index (χ4v) is 0.950. The van der Waals surface area contributed by atoms with E-state index in [2.05, 4.69) is 0 Å². The molecule has 0 aromatic heterocycles. The Kier molecular flexibility index (Phi) is 6.11. The van der Waals surface area contributed by atoms with Crippen LogP contribution in [0.3, 0.4) is 0 Å². The third-order valence-electron chi connectivity index (χ3n) is 1.59. The summed E-state index contributed by atoms with van der Waals surface area (Å²) >= 11 is 0. The zero-order chi connectivity index (χ0) is 9.45. The minimum absolute atomic E-state index is 0.176. The van der Waals surface area contributed by atoms with Gasteiger partial charge in [-0.3, -0.25) is 4.39 Å². The molecule has 0 N–H and O–H groups in total. The van der Waals surface area contributed by atoms with E-state index in [0.29, 0.717) is 25.7 Å². The highest BCUT2D eigenvalue weighted by atomic mass is 19.4. The van der Waals surface area contributed by atoms with Gasteiger partial charge in [0.25, 0.3) is 0 Å². The molecular weight excluding hydrogens is 172 g/mol. The zero-order valence-corrected chi connectivity index (χ0v) is 6.96. The molecule has 0 unspecified atom stereocenters. The molecule has 0 amide bonds. The third-order valence-corrected chi connectivity index (χ3v) is 1.59. The van der Waals surface area contributed by atoms with E-state index in [9.17, 15) is 17.6 Å². The van der Waals surface area contributed by atoms with Crippen molar-refractivity contribution >= 4 is 0 Å². The molecule has 0 radical (unpaired) electrons. The number of halogens is 4. The molecule has 0 fully saturated rings. The molecule has 0 saturated heterocycles. The van der Waals surface area contributed by atoms with Gasteiger partial charge in [0.1, 0.15) is 0 Å². The first-order valence-electron chi connectivity index (χ1n) is 4.19. The van der Waals surface area contributed by atoms with Crippen molar-refractivity contribution in [2.45, 2.75) is 44.7 Å². The Morgan fingerprint density at radius 3 is 1.75 bits per heavy atom. The first-order valence-corrected chi connectivity index (χ1v) is 4.19. The van der Waals surface area contributed by atoms with Gasteiger partial charge in [0.15, 0.2) is 0 Å². The molecule has 0 nitrogen and oxygen atoms in total. The Labute approximate surface area is 70.0 Å². The Bertz CT molecular complexity index is 97.7. The lowest BCUT2D eigenvalue weighted by Crippen LogP contribution is -2.06. The summed E-state index contributed by atoms with van der Waals surface area (Å²) < 4.78 is 46.2. The van der Waals surface area contributed by atoms with Crippen LogP contribution in [0, 0.1) is 0 Å². The van der Waals surface area contributed by atoms with Crippen molar-refractivity contribution in [3.8, 4) is 0 Å². The van der Waals surface area contributed by atoms with Crippen molar-refractivity contribution in [1.82, 2.24) is 0 Å². The Morgan fingerprint density at radius 1 is 0.750 bits per heavy atom. The summed E-state index contributed by atoms with van der Waals surface area (Å²) in [6.07, 6.45) is -2.11. The molecule has 74 valence electrons. The van der Waals surface area contributed by atoms with Crippen molar-refractivity contribution in [2.24, 2.45) is 0 Å². The molecule has 0 aliphatic rings. The maximum Gasteiger partial charge on any atom is 0.389 e. The molecule has 0 rings (SSSR count). The maximum atomic E-state index is 11.6. The fourth-order valence-electron chi connectivity index (χ4n) is 0.950. The van der Waals surface area contributed by atoms with Crippen molar-refractivity contribution < 1.29 is 17.6 Å². The van der Waals surface area contributed by atoms with E-state index in [0.717, 1.165) is 0 Å². The largest absolute Gasteiger partial charge is 0.389 e. The van der Waals surface area contributed by atoms with E-state index >= 15 is 0 Å². The van der Waals surface area contributed by atoms with Crippen LogP contribution in [0.15, 0.2) is 0 Å². The first kappa shape index (κ1) is 11.7. The summed E-state index contributed by atoms with van der Waals surface area (Å²) in [7, 11) is 0. The predicted octanol–water partition coefficient (Wildman–Crippen LogP) is 3.86. The van der Waals surface area contributed by atoms with Crippen LogP contribution >= 0.6 is 0 Å². The van der Waals surface area contributed by atoms with Crippen molar-refractivity contribution in [3.05, 3.63) is 0 Å². The van der Waals surface area contributed by atoms with Crippen LogP contribution in [0.4, 0.5) is 17.6 Å². The van der Waals surface area contributed by atoms with Gasteiger partial charge >= 0.3 is 6.18 Å². The summed E-state index contributed by atoms with van der Waals surface area (Å²) in [5.41, 5.74) is 0. The smallest absolute Gasteiger partial charge is 0.251 e. The van der Waals surface area contributed by atoms with E-state index in [-0.39, 0.29) is 13.1 Å². The van der Waals surface area contributed by atoms with E-state index in [1.165, 1.54) is 0 Å².